The first kappa shape index (κ1) is 14.6. The summed E-state index contributed by atoms with van der Waals surface area (Å²) in [6, 6.07) is 0. The lowest BCUT2D eigenvalue weighted by molar-refractivity contribution is -0.137. The van der Waals surface area contributed by atoms with E-state index in [-0.39, 0.29) is 17.9 Å². The molecule has 0 aliphatic carbocycles. The van der Waals surface area contributed by atoms with Gasteiger partial charge in [-0.2, -0.15) is 0 Å². The van der Waals surface area contributed by atoms with Crippen LogP contribution in [0.5, 0.6) is 0 Å². The highest BCUT2D eigenvalue weighted by molar-refractivity contribution is 7.16. The molecule has 0 radical (unpaired) electrons. The smallest absolute Gasteiger partial charge is 0.323 e. The Bertz CT molecular complexity index is 473. The highest BCUT2D eigenvalue weighted by Gasteiger charge is 2.09. The summed E-state index contributed by atoms with van der Waals surface area (Å²) in [7, 11) is 2.64. The van der Waals surface area contributed by atoms with E-state index in [2.05, 4.69) is 19.5 Å². The zero-order valence-electron chi connectivity index (χ0n) is 10.3. The summed E-state index contributed by atoms with van der Waals surface area (Å²) in [5.74, 6) is -0.828. The molecule has 1 aromatic rings. The molecule has 0 saturated carbocycles. The second kappa shape index (κ2) is 7.11. The number of carboxylic acids is 1. The maximum atomic E-state index is 12.0. The van der Waals surface area contributed by atoms with Gasteiger partial charge in [0.25, 0.3) is 5.56 Å². The van der Waals surface area contributed by atoms with Crippen molar-refractivity contribution in [3.63, 3.8) is 0 Å². The van der Waals surface area contributed by atoms with Crippen LogP contribution in [-0.2, 0) is 11.3 Å². The Balaban J connectivity index is 2.81. The van der Waals surface area contributed by atoms with Crippen LogP contribution in [0.1, 0.15) is 18.5 Å². The van der Waals surface area contributed by atoms with Gasteiger partial charge >= 0.3 is 5.97 Å². The number of hydrogen-bond acceptors (Lipinski definition) is 4. The SMILES string of the molecule is Cc1cnc(NCCCCP)c(=O)n1CC(=O)O. The third-order valence-corrected chi connectivity index (χ3v) is 2.88. The minimum atomic E-state index is -1.04. The topological polar surface area (TPSA) is 84.2 Å². The van der Waals surface area contributed by atoms with E-state index in [1.54, 1.807) is 6.92 Å². The summed E-state index contributed by atoms with van der Waals surface area (Å²) in [6.45, 7) is 1.98. The minimum absolute atomic E-state index is 0.214. The molecule has 2 N–H and O–H groups in total. The van der Waals surface area contributed by atoms with E-state index in [0.29, 0.717) is 12.2 Å². The van der Waals surface area contributed by atoms with E-state index < -0.39 is 5.97 Å². The molecule has 100 valence electrons. The first-order valence-corrected chi connectivity index (χ1v) is 6.60. The second-order valence-corrected chi connectivity index (χ2v) is 4.53. The molecule has 0 spiro atoms. The maximum absolute atomic E-state index is 12.0. The highest BCUT2D eigenvalue weighted by Crippen LogP contribution is 2.00. The lowest BCUT2D eigenvalue weighted by Gasteiger charge is -2.10. The number of carboxylic acid groups (broad SMARTS) is 1. The van der Waals surface area contributed by atoms with E-state index in [4.69, 9.17) is 5.11 Å². The lowest BCUT2D eigenvalue weighted by atomic mass is 10.3. The molecule has 0 aliphatic rings. The normalized spacial score (nSPS) is 10.3. The maximum Gasteiger partial charge on any atom is 0.323 e. The Labute approximate surface area is 108 Å². The van der Waals surface area contributed by atoms with Crippen LogP contribution < -0.4 is 10.9 Å². The highest BCUT2D eigenvalue weighted by atomic mass is 31.0. The second-order valence-electron chi connectivity index (χ2n) is 3.96. The fraction of sp³-hybridized carbons (Fsp3) is 0.545. The largest absolute Gasteiger partial charge is 0.480 e. The predicted molar refractivity (Wildman–Crippen MR) is 73.2 cm³/mol. The molecule has 1 unspecified atom stereocenters. The molecule has 1 aromatic heterocycles. The number of carbonyl (C=O) groups is 1. The van der Waals surface area contributed by atoms with Crippen LogP contribution in [0.15, 0.2) is 11.0 Å². The van der Waals surface area contributed by atoms with Gasteiger partial charge in [-0.05, 0) is 25.9 Å². The average Bonchev–Trinajstić information content (AvgIpc) is 2.32. The zero-order chi connectivity index (χ0) is 13.5. The van der Waals surface area contributed by atoms with Crippen molar-refractivity contribution in [3.8, 4) is 0 Å². The van der Waals surface area contributed by atoms with Crippen LogP contribution in [0.25, 0.3) is 0 Å². The van der Waals surface area contributed by atoms with Crippen LogP contribution >= 0.6 is 9.24 Å². The van der Waals surface area contributed by atoms with Crippen molar-refractivity contribution in [2.45, 2.75) is 26.3 Å². The van der Waals surface area contributed by atoms with Crippen molar-refractivity contribution in [1.29, 1.82) is 0 Å². The molecule has 1 rings (SSSR count). The Hall–Kier alpha value is -1.42. The van der Waals surface area contributed by atoms with Gasteiger partial charge in [0, 0.05) is 18.4 Å². The standard InChI is InChI=1S/C11H18N3O3P/c1-8-6-13-10(12-4-2-3-5-18)11(17)14(8)7-9(15)16/h6H,2-5,7,18H2,1H3,(H,12,13)(H,15,16). The average molecular weight is 271 g/mol. The lowest BCUT2D eigenvalue weighted by Crippen LogP contribution is -2.29. The Kier molecular flexibility index (Phi) is 5.78. The van der Waals surface area contributed by atoms with E-state index in [9.17, 15) is 9.59 Å². The molecule has 0 saturated heterocycles. The molecule has 0 aromatic carbocycles. The van der Waals surface area contributed by atoms with Crippen LogP contribution in [0, 0.1) is 6.92 Å². The molecule has 18 heavy (non-hydrogen) atoms. The summed E-state index contributed by atoms with van der Waals surface area (Å²) in [5, 5.41) is 11.7. The predicted octanol–water partition coefficient (Wildman–Crippen LogP) is 0.704. The van der Waals surface area contributed by atoms with Crippen molar-refractivity contribution >= 4 is 21.0 Å². The van der Waals surface area contributed by atoms with E-state index in [1.807, 2.05) is 0 Å². The van der Waals surface area contributed by atoms with Crippen LogP contribution in [0.2, 0.25) is 0 Å². The van der Waals surface area contributed by atoms with Crippen LogP contribution in [0.3, 0.4) is 0 Å². The van der Waals surface area contributed by atoms with E-state index in [1.165, 1.54) is 10.8 Å². The van der Waals surface area contributed by atoms with Gasteiger partial charge in [0.1, 0.15) is 6.54 Å². The Morgan fingerprint density at radius 1 is 1.56 bits per heavy atom. The quantitative estimate of drug-likeness (QED) is 0.563. The summed E-state index contributed by atoms with van der Waals surface area (Å²) in [5.41, 5.74) is 0.154. The van der Waals surface area contributed by atoms with Gasteiger partial charge < -0.3 is 10.4 Å². The molecule has 1 heterocycles. The number of rotatable bonds is 7. The van der Waals surface area contributed by atoms with Gasteiger partial charge in [0.15, 0.2) is 5.82 Å². The number of aromatic nitrogens is 2. The summed E-state index contributed by atoms with van der Waals surface area (Å²) < 4.78 is 1.20. The van der Waals surface area contributed by atoms with Crippen LogP contribution in [0.4, 0.5) is 5.82 Å². The molecular formula is C11H18N3O3P. The summed E-state index contributed by atoms with van der Waals surface area (Å²) in [4.78, 5) is 26.6. The molecule has 7 heteroatoms. The van der Waals surface area contributed by atoms with Gasteiger partial charge in [-0.1, -0.05) is 0 Å². The first-order valence-electron chi connectivity index (χ1n) is 5.78. The van der Waals surface area contributed by atoms with Crippen LogP contribution in [-0.4, -0.2) is 33.3 Å². The van der Waals surface area contributed by atoms with E-state index >= 15 is 0 Å². The Morgan fingerprint density at radius 2 is 2.28 bits per heavy atom. The number of unbranched alkanes of at least 4 members (excludes halogenated alkanes) is 1. The Morgan fingerprint density at radius 3 is 2.89 bits per heavy atom. The molecular weight excluding hydrogens is 253 g/mol. The molecule has 1 atom stereocenters. The number of anilines is 1. The minimum Gasteiger partial charge on any atom is -0.480 e. The van der Waals surface area contributed by atoms with Crippen molar-refractivity contribution in [3.05, 3.63) is 22.2 Å². The summed E-state index contributed by atoms with van der Waals surface area (Å²) in [6.07, 6.45) is 4.51. The number of aryl methyl sites for hydroxylation is 1. The van der Waals surface area contributed by atoms with Gasteiger partial charge in [-0.25, -0.2) is 4.98 Å². The fourth-order valence-corrected chi connectivity index (χ4v) is 1.79. The zero-order valence-corrected chi connectivity index (χ0v) is 11.5. The third kappa shape index (κ3) is 4.11. The number of hydrogen-bond donors (Lipinski definition) is 2. The molecule has 0 fully saturated rings. The molecule has 6 nitrogen and oxygen atoms in total. The van der Waals surface area contributed by atoms with Crippen molar-refractivity contribution in [1.82, 2.24) is 9.55 Å². The van der Waals surface area contributed by atoms with Crippen molar-refractivity contribution in [2.75, 3.05) is 18.0 Å². The monoisotopic (exact) mass is 271 g/mol. The van der Waals surface area contributed by atoms with Gasteiger partial charge in [0.05, 0.1) is 0 Å². The molecule has 0 aliphatic heterocycles. The molecule has 0 bridgehead atoms. The van der Waals surface area contributed by atoms with Crippen molar-refractivity contribution in [2.24, 2.45) is 0 Å². The summed E-state index contributed by atoms with van der Waals surface area (Å²) >= 11 is 0. The molecule has 0 amide bonds. The fourth-order valence-electron chi connectivity index (χ4n) is 1.50. The van der Waals surface area contributed by atoms with E-state index in [0.717, 1.165) is 19.0 Å². The number of aliphatic carboxylic acids is 1. The van der Waals surface area contributed by atoms with Gasteiger partial charge in [0.2, 0.25) is 0 Å². The van der Waals surface area contributed by atoms with Gasteiger partial charge in [-0.15, -0.1) is 9.24 Å². The number of nitrogens with one attached hydrogen (secondary N) is 1. The third-order valence-electron chi connectivity index (χ3n) is 2.47. The van der Waals surface area contributed by atoms with Crippen molar-refractivity contribution < 1.29 is 9.90 Å². The first-order chi connectivity index (χ1) is 8.56. The number of nitrogens with zero attached hydrogens (tertiary/aromatic N) is 2. The van der Waals surface area contributed by atoms with Gasteiger partial charge in [-0.3, -0.25) is 14.2 Å².